The van der Waals surface area contributed by atoms with Gasteiger partial charge in [-0.25, -0.2) is 19.9 Å². The fraction of sp³-hybridized carbons (Fsp3) is 0.400. The highest BCUT2D eigenvalue weighted by Gasteiger charge is 2.16. The SMILES string of the molecule is CNc1ncnc(Sc2n[nH]c(=O)n2C(C)C)c1Br. The van der Waals surface area contributed by atoms with Gasteiger partial charge < -0.3 is 5.32 Å². The van der Waals surface area contributed by atoms with Crippen LogP contribution < -0.4 is 11.0 Å². The lowest BCUT2D eigenvalue weighted by Crippen LogP contribution is -2.19. The molecular weight excluding hydrogens is 332 g/mol. The highest BCUT2D eigenvalue weighted by atomic mass is 79.9. The standard InChI is InChI=1S/C10H13BrN6OS/c1-5(2)17-9(18)15-16-10(17)19-8-6(11)7(12-3)13-4-14-8/h4-5H,1-3H3,(H,15,18)(H,12,13,14). The predicted molar refractivity (Wildman–Crippen MR) is 76.6 cm³/mol. The highest BCUT2D eigenvalue weighted by Crippen LogP contribution is 2.33. The quantitative estimate of drug-likeness (QED) is 0.823. The molecule has 2 rings (SSSR count). The van der Waals surface area contributed by atoms with E-state index < -0.39 is 0 Å². The van der Waals surface area contributed by atoms with Crippen molar-refractivity contribution in [1.29, 1.82) is 0 Å². The number of H-pyrrole nitrogens is 1. The van der Waals surface area contributed by atoms with Gasteiger partial charge in [-0.3, -0.25) is 4.57 Å². The van der Waals surface area contributed by atoms with E-state index >= 15 is 0 Å². The van der Waals surface area contributed by atoms with E-state index in [4.69, 9.17) is 0 Å². The van der Waals surface area contributed by atoms with Gasteiger partial charge in [0.2, 0.25) is 0 Å². The molecule has 0 fully saturated rings. The number of hydrogen-bond acceptors (Lipinski definition) is 6. The van der Waals surface area contributed by atoms with Crippen LogP contribution >= 0.6 is 27.7 Å². The van der Waals surface area contributed by atoms with Crippen LogP contribution in [0.15, 0.2) is 25.8 Å². The molecule has 0 saturated carbocycles. The summed E-state index contributed by atoms with van der Waals surface area (Å²) >= 11 is 4.74. The van der Waals surface area contributed by atoms with Gasteiger partial charge in [0.05, 0.1) is 4.47 Å². The lowest BCUT2D eigenvalue weighted by molar-refractivity contribution is 0.534. The summed E-state index contributed by atoms with van der Waals surface area (Å²) in [5.41, 5.74) is -0.225. The molecule has 0 aromatic carbocycles. The Morgan fingerprint density at radius 3 is 2.84 bits per heavy atom. The van der Waals surface area contributed by atoms with Crippen molar-refractivity contribution in [3.05, 3.63) is 21.3 Å². The van der Waals surface area contributed by atoms with Gasteiger partial charge in [-0.2, -0.15) is 0 Å². The van der Waals surface area contributed by atoms with Crippen LogP contribution in [0, 0.1) is 0 Å². The lowest BCUT2D eigenvalue weighted by atomic mass is 10.4. The topological polar surface area (TPSA) is 88.5 Å². The molecule has 7 nitrogen and oxygen atoms in total. The minimum absolute atomic E-state index is 0.0260. The number of anilines is 1. The second kappa shape index (κ2) is 5.74. The third-order valence-electron chi connectivity index (χ3n) is 2.37. The van der Waals surface area contributed by atoms with Gasteiger partial charge >= 0.3 is 5.69 Å². The van der Waals surface area contributed by atoms with Crippen LogP contribution in [0.1, 0.15) is 19.9 Å². The molecule has 102 valence electrons. The Labute approximate surface area is 122 Å². The number of aromatic nitrogens is 5. The fourth-order valence-corrected chi connectivity index (χ4v) is 3.09. The third-order valence-corrected chi connectivity index (χ3v) is 4.36. The molecule has 0 atom stereocenters. The van der Waals surface area contributed by atoms with Crippen molar-refractivity contribution in [2.75, 3.05) is 12.4 Å². The van der Waals surface area contributed by atoms with Crippen molar-refractivity contribution < 1.29 is 0 Å². The Balaban J connectivity index is 2.40. The smallest absolute Gasteiger partial charge is 0.344 e. The Bertz CT molecular complexity index is 637. The summed E-state index contributed by atoms with van der Waals surface area (Å²) in [6.45, 7) is 3.85. The Morgan fingerprint density at radius 1 is 1.47 bits per heavy atom. The molecule has 0 saturated heterocycles. The number of aromatic amines is 1. The van der Waals surface area contributed by atoms with Gasteiger partial charge in [-0.15, -0.1) is 5.10 Å². The number of halogens is 1. The lowest BCUT2D eigenvalue weighted by Gasteiger charge is -2.09. The minimum atomic E-state index is -0.225. The van der Waals surface area contributed by atoms with Crippen molar-refractivity contribution in [1.82, 2.24) is 24.7 Å². The van der Waals surface area contributed by atoms with Crippen molar-refractivity contribution in [3.8, 4) is 0 Å². The third kappa shape index (κ3) is 2.81. The summed E-state index contributed by atoms with van der Waals surface area (Å²) in [6, 6.07) is 0.0260. The van der Waals surface area contributed by atoms with Crippen molar-refractivity contribution in [2.45, 2.75) is 30.1 Å². The molecule has 0 aliphatic carbocycles. The normalized spacial score (nSPS) is 11.0. The molecule has 0 amide bonds. The molecule has 9 heteroatoms. The number of nitrogens with zero attached hydrogens (tertiary/aromatic N) is 4. The van der Waals surface area contributed by atoms with E-state index in [1.54, 1.807) is 11.6 Å². The molecule has 0 bridgehead atoms. The van der Waals surface area contributed by atoms with Crippen LogP contribution in [-0.4, -0.2) is 31.8 Å². The number of rotatable bonds is 4. The average Bonchev–Trinajstić information content (AvgIpc) is 2.73. The van der Waals surface area contributed by atoms with Crippen molar-refractivity contribution in [3.63, 3.8) is 0 Å². The molecule has 2 aromatic heterocycles. The van der Waals surface area contributed by atoms with Gasteiger partial charge in [0, 0.05) is 13.1 Å². The Kier molecular flexibility index (Phi) is 4.25. The second-order valence-electron chi connectivity index (χ2n) is 3.97. The zero-order valence-electron chi connectivity index (χ0n) is 10.6. The predicted octanol–water partition coefficient (Wildman–Crippen LogP) is 1.90. The molecule has 19 heavy (non-hydrogen) atoms. The molecule has 0 aliphatic heterocycles. The first-order chi connectivity index (χ1) is 9.04. The van der Waals surface area contributed by atoms with Crippen LogP contribution in [0.5, 0.6) is 0 Å². The zero-order valence-corrected chi connectivity index (χ0v) is 13.0. The summed E-state index contributed by atoms with van der Waals surface area (Å²) in [5.74, 6) is 0.687. The molecular formula is C10H13BrN6OS. The maximum atomic E-state index is 11.7. The first kappa shape index (κ1) is 14.1. The van der Waals surface area contributed by atoms with E-state index in [1.807, 2.05) is 13.8 Å². The van der Waals surface area contributed by atoms with Crippen LogP contribution in [0.25, 0.3) is 0 Å². The monoisotopic (exact) mass is 344 g/mol. The van der Waals surface area contributed by atoms with Crippen LogP contribution in [0.4, 0.5) is 5.82 Å². The maximum absolute atomic E-state index is 11.7. The zero-order chi connectivity index (χ0) is 14.0. The molecule has 2 N–H and O–H groups in total. The van der Waals surface area contributed by atoms with Crippen LogP contribution in [-0.2, 0) is 0 Å². The van der Waals surface area contributed by atoms with E-state index in [-0.39, 0.29) is 11.7 Å². The first-order valence-corrected chi connectivity index (χ1v) is 7.18. The molecule has 0 spiro atoms. The van der Waals surface area contributed by atoms with Gasteiger partial charge in [0.1, 0.15) is 17.2 Å². The number of hydrogen-bond donors (Lipinski definition) is 2. The highest BCUT2D eigenvalue weighted by molar-refractivity contribution is 9.10. The summed E-state index contributed by atoms with van der Waals surface area (Å²) in [7, 11) is 1.78. The molecule has 0 unspecified atom stereocenters. The van der Waals surface area contributed by atoms with E-state index in [2.05, 4.69) is 41.4 Å². The summed E-state index contributed by atoms with van der Waals surface area (Å²) in [5, 5.41) is 10.7. The molecule has 2 aromatic rings. The Hall–Kier alpha value is -1.35. The minimum Gasteiger partial charge on any atom is -0.372 e. The average molecular weight is 345 g/mol. The molecule has 2 heterocycles. The van der Waals surface area contributed by atoms with E-state index in [9.17, 15) is 4.79 Å². The van der Waals surface area contributed by atoms with E-state index in [0.717, 1.165) is 4.47 Å². The van der Waals surface area contributed by atoms with Gasteiger partial charge in [0.15, 0.2) is 5.16 Å². The van der Waals surface area contributed by atoms with Gasteiger partial charge in [-0.1, -0.05) is 0 Å². The molecule has 0 radical (unpaired) electrons. The summed E-state index contributed by atoms with van der Waals surface area (Å²) in [4.78, 5) is 19.9. The number of nitrogens with one attached hydrogen (secondary N) is 2. The second-order valence-corrected chi connectivity index (χ2v) is 5.72. The van der Waals surface area contributed by atoms with Crippen LogP contribution in [0.2, 0.25) is 0 Å². The fourth-order valence-electron chi connectivity index (χ4n) is 1.50. The first-order valence-electron chi connectivity index (χ1n) is 5.57. The Morgan fingerprint density at radius 2 is 2.21 bits per heavy atom. The summed E-state index contributed by atoms with van der Waals surface area (Å²) in [6.07, 6.45) is 1.46. The maximum Gasteiger partial charge on any atom is 0.344 e. The van der Waals surface area contributed by atoms with Gasteiger partial charge in [0.25, 0.3) is 0 Å². The molecule has 0 aliphatic rings. The van der Waals surface area contributed by atoms with Crippen molar-refractivity contribution >= 4 is 33.5 Å². The largest absolute Gasteiger partial charge is 0.372 e. The van der Waals surface area contributed by atoms with Gasteiger partial charge in [-0.05, 0) is 41.5 Å². The van der Waals surface area contributed by atoms with Crippen molar-refractivity contribution in [2.24, 2.45) is 0 Å². The van der Waals surface area contributed by atoms with Crippen LogP contribution in [0.3, 0.4) is 0 Å². The summed E-state index contributed by atoms with van der Waals surface area (Å²) < 4.78 is 2.33. The van der Waals surface area contributed by atoms with E-state index in [0.29, 0.717) is 16.0 Å². The van der Waals surface area contributed by atoms with E-state index in [1.165, 1.54) is 18.1 Å².